The van der Waals surface area contributed by atoms with E-state index in [1.54, 1.807) is 7.11 Å². The van der Waals surface area contributed by atoms with Crippen LogP contribution in [0.25, 0.3) is 0 Å². The largest absolute Gasteiger partial charge is 0.497 e. The van der Waals surface area contributed by atoms with E-state index in [2.05, 4.69) is 20.4 Å². The molecule has 2 amide bonds. The number of anilines is 1. The summed E-state index contributed by atoms with van der Waals surface area (Å²) >= 11 is 2.88. The van der Waals surface area contributed by atoms with E-state index < -0.39 is 0 Å². The molecule has 30 heavy (non-hydrogen) atoms. The van der Waals surface area contributed by atoms with Crippen LogP contribution in [0.5, 0.6) is 5.75 Å². The van der Waals surface area contributed by atoms with E-state index in [1.807, 2.05) is 43.0 Å². The van der Waals surface area contributed by atoms with Gasteiger partial charge in [0.15, 0.2) is 4.34 Å². The number of amides is 2. The van der Waals surface area contributed by atoms with E-state index >= 15 is 0 Å². The van der Waals surface area contributed by atoms with Gasteiger partial charge in [0.2, 0.25) is 16.9 Å². The first-order chi connectivity index (χ1) is 14.4. The van der Waals surface area contributed by atoms with Gasteiger partial charge in [-0.3, -0.25) is 9.59 Å². The number of thioether (sulfide) groups is 1. The first-order valence-corrected chi connectivity index (χ1v) is 11.7. The molecule has 0 aliphatic carbocycles. The van der Waals surface area contributed by atoms with Crippen molar-refractivity contribution in [3.05, 3.63) is 29.8 Å². The first-order valence-electron chi connectivity index (χ1n) is 9.86. The van der Waals surface area contributed by atoms with Crippen LogP contribution in [0.3, 0.4) is 0 Å². The van der Waals surface area contributed by atoms with E-state index in [-0.39, 0.29) is 17.9 Å². The quantitative estimate of drug-likeness (QED) is 0.617. The number of piperazine rings is 1. The summed E-state index contributed by atoms with van der Waals surface area (Å²) in [6, 6.07) is 7.73. The zero-order valence-corrected chi connectivity index (χ0v) is 19.1. The van der Waals surface area contributed by atoms with Gasteiger partial charge in [-0.25, -0.2) is 0 Å². The number of ether oxygens (including phenoxy) is 1. The molecule has 1 N–H and O–H groups in total. The van der Waals surface area contributed by atoms with Crippen molar-refractivity contribution in [3.8, 4) is 5.75 Å². The second kappa shape index (κ2) is 10.6. The second-order valence-corrected chi connectivity index (χ2v) is 9.43. The van der Waals surface area contributed by atoms with Gasteiger partial charge < -0.3 is 19.9 Å². The first kappa shape index (κ1) is 22.4. The lowest BCUT2D eigenvalue weighted by Crippen LogP contribution is -2.49. The number of nitrogens with zero attached hydrogens (tertiary/aromatic N) is 4. The Labute approximate surface area is 185 Å². The molecule has 1 aliphatic rings. The third kappa shape index (κ3) is 6.33. The Morgan fingerprint density at radius 2 is 1.87 bits per heavy atom. The maximum absolute atomic E-state index is 12.6. The van der Waals surface area contributed by atoms with Crippen LogP contribution in [0.1, 0.15) is 19.4 Å². The molecule has 0 atom stereocenters. The summed E-state index contributed by atoms with van der Waals surface area (Å²) in [5, 5.41) is 12.1. The van der Waals surface area contributed by atoms with Gasteiger partial charge in [-0.15, -0.1) is 10.2 Å². The van der Waals surface area contributed by atoms with Crippen LogP contribution in [0, 0.1) is 0 Å². The number of benzene rings is 1. The molecular weight excluding hydrogens is 422 g/mol. The Balaban J connectivity index is 1.45. The van der Waals surface area contributed by atoms with Crippen molar-refractivity contribution in [1.29, 1.82) is 0 Å². The van der Waals surface area contributed by atoms with Crippen LogP contribution in [0.15, 0.2) is 28.6 Å². The molecule has 0 radical (unpaired) electrons. The van der Waals surface area contributed by atoms with Crippen molar-refractivity contribution in [1.82, 2.24) is 20.4 Å². The predicted octanol–water partition coefficient (Wildman–Crippen LogP) is 2.05. The van der Waals surface area contributed by atoms with Crippen molar-refractivity contribution >= 4 is 40.0 Å². The van der Waals surface area contributed by atoms with Gasteiger partial charge in [0.05, 0.1) is 19.3 Å². The number of hydrogen-bond acceptors (Lipinski definition) is 8. The molecule has 1 aromatic heterocycles. The summed E-state index contributed by atoms with van der Waals surface area (Å²) in [5.41, 5.74) is 0.982. The highest BCUT2D eigenvalue weighted by Crippen LogP contribution is 2.28. The molecule has 8 nitrogen and oxygen atoms in total. The minimum absolute atomic E-state index is 0.00395. The highest BCUT2D eigenvalue weighted by atomic mass is 32.2. The highest BCUT2D eigenvalue weighted by molar-refractivity contribution is 8.01. The zero-order valence-electron chi connectivity index (χ0n) is 17.5. The predicted molar refractivity (Wildman–Crippen MR) is 119 cm³/mol. The molecule has 0 bridgehead atoms. The Bertz CT molecular complexity index is 848. The molecular formula is C20H27N5O3S2. The van der Waals surface area contributed by atoms with Gasteiger partial charge in [-0.05, 0) is 31.5 Å². The molecule has 1 saturated heterocycles. The molecule has 162 valence electrons. The van der Waals surface area contributed by atoms with Gasteiger partial charge in [-0.1, -0.05) is 35.2 Å². The van der Waals surface area contributed by atoms with E-state index in [4.69, 9.17) is 4.74 Å². The Morgan fingerprint density at radius 3 is 2.50 bits per heavy atom. The minimum Gasteiger partial charge on any atom is -0.497 e. The number of nitrogens with one attached hydrogen (secondary N) is 1. The number of carbonyl (C=O) groups is 2. The summed E-state index contributed by atoms with van der Waals surface area (Å²) < 4.78 is 5.94. The summed E-state index contributed by atoms with van der Waals surface area (Å²) in [6.07, 6.45) is 0.391. The van der Waals surface area contributed by atoms with Crippen molar-refractivity contribution in [3.63, 3.8) is 0 Å². The minimum atomic E-state index is -0.00395. The SMILES string of the molecule is COc1ccc(CC(=O)N2CCN(c3nnc(SCC(=O)NC(C)C)s3)CC2)cc1. The number of rotatable bonds is 8. The van der Waals surface area contributed by atoms with E-state index in [1.165, 1.54) is 23.1 Å². The standard InChI is InChI=1S/C20H27N5O3S2/c1-14(2)21-17(26)13-29-20-23-22-19(30-20)25-10-8-24(9-11-25)18(27)12-15-4-6-16(28-3)7-5-15/h4-7,14H,8-13H2,1-3H3,(H,21,26). The van der Waals surface area contributed by atoms with Crippen molar-refractivity contribution in [2.75, 3.05) is 43.9 Å². The third-order valence-electron chi connectivity index (χ3n) is 4.59. The molecule has 1 fully saturated rings. The Morgan fingerprint density at radius 1 is 1.17 bits per heavy atom. The summed E-state index contributed by atoms with van der Waals surface area (Å²) in [4.78, 5) is 28.4. The lowest BCUT2D eigenvalue weighted by atomic mass is 10.1. The summed E-state index contributed by atoms with van der Waals surface area (Å²) in [5.74, 6) is 1.25. The molecule has 0 saturated carbocycles. The maximum Gasteiger partial charge on any atom is 0.230 e. The van der Waals surface area contributed by atoms with Crippen LogP contribution < -0.4 is 15.0 Å². The Hall–Kier alpha value is -2.33. The van der Waals surface area contributed by atoms with Crippen LogP contribution in [0.4, 0.5) is 5.13 Å². The average molecular weight is 450 g/mol. The monoisotopic (exact) mass is 449 g/mol. The average Bonchev–Trinajstić information content (AvgIpc) is 3.21. The number of aromatic nitrogens is 2. The fraction of sp³-hybridized carbons (Fsp3) is 0.500. The van der Waals surface area contributed by atoms with E-state index in [0.717, 1.165) is 33.9 Å². The number of hydrogen-bond donors (Lipinski definition) is 1. The van der Waals surface area contributed by atoms with Crippen LogP contribution in [-0.4, -0.2) is 72.0 Å². The van der Waals surface area contributed by atoms with Crippen molar-refractivity contribution in [2.45, 2.75) is 30.6 Å². The molecule has 0 unspecified atom stereocenters. The molecule has 0 spiro atoms. The van der Waals surface area contributed by atoms with Gasteiger partial charge in [-0.2, -0.15) is 0 Å². The van der Waals surface area contributed by atoms with Gasteiger partial charge >= 0.3 is 0 Å². The molecule has 3 rings (SSSR count). The fourth-order valence-corrected chi connectivity index (χ4v) is 4.76. The lowest BCUT2D eigenvalue weighted by Gasteiger charge is -2.34. The van der Waals surface area contributed by atoms with Crippen LogP contribution >= 0.6 is 23.1 Å². The maximum atomic E-state index is 12.6. The Kier molecular flexibility index (Phi) is 7.92. The van der Waals surface area contributed by atoms with Gasteiger partial charge in [0, 0.05) is 32.2 Å². The van der Waals surface area contributed by atoms with Crippen LogP contribution in [0.2, 0.25) is 0 Å². The fourth-order valence-electron chi connectivity index (χ4n) is 3.06. The van der Waals surface area contributed by atoms with Crippen molar-refractivity contribution in [2.24, 2.45) is 0 Å². The molecule has 1 aliphatic heterocycles. The molecule has 1 aromatic carbocycles. The summed E-state index contributed by atoms with van der Waals surface area (Å²) in [6.45, 7) is 6.64. The smallest absolute Gasteiger partial charge is 0.230 e. The molecule has 2 heterocycles. The third-order valence-corrected chi connectivity index (χ3v) is 6.71. The normalized spacial score (nSPS) is 14.1. The van der Waals surface area contributed by atoms with Crippen LogP contribution in [-0.2, 0) is 16.0 Å². The van der Waals surface area contributed by atoms with Gasteiger partial charge in [0.1, 0.15) is 5.75 Å². The second-order valence-electron chi connectivity index (χ2n) is 7.25. The van der Waals surface area contributed by atoms with E-state index in [9.17, 15) is 9.59 Å². The zero-order chi connectivity index (χ0) is 21.5. The lowest BCUT2D eigenvalue weighted by molar-refractivity contribution is -0.130. The molecule has 2 aromatic rings. The van der Waals surface area contributed by atoms with Gasteiger partial charge in [0.25, 0.3) is 0 Å². The summed E-state index contributed by atoms with van der Waals surface area (Å²) in [7, 11) is 1.63. The number of carbonyl (C=O) groups excluding carboxylic acids is 2. The number of methoxy groups -OCH3 is 1. The van der Waals surface area contributed by atoms with E-state index in [0.29, 0.717) is 25.3 Å². The molecule has 10 heteroatoms. The topological polar surface area (TPSA) is 87.7 Å². The van der Waals surface area contributed by atoms with Crippen molar-refractivity contribution < 1.29 is 14.3 Å². The highest BCUT2D eigenvalue weighted by Gasteiger charge is 2.23.